The summed E-state index contributed by atoms with van der Waals surface area (Å²) >= 11 is 0. The minimum absolute atomic E-state index is 0.0329. The highest BCUT2D eigenvalue weighted by atomic mass is 16.5. The fourth-order valence-electron chi connectivity index (χ4n) is 2.39. The zero-order valence-electron chi connectivity index (χ0n) is 13.4. The van der Waals surface area contributed by atoms with Crippen molar-refractivity contribution in [1.29, 1.82) is 0 Å². The minimum atomic E-state index is -0.197. The van der Waals surface area contributed by atoms with Crippen LogP contribution >= 0.6 is 0 Å². The highest BCUT2D eigenvalue weighted by Crippen LogP contribution is 2.18. The number of para-hydroxylation sites is 1. The summed E-state index contributed by atoms with van der Waals surface area (Å²) in [6.07, 6.45) is 5.14. The number of furan rings is 1. The van der Waals surface area contributed by atoms with Gasteiger partial charge in [-0.05, 0) is 36.8 Å². The molecule has 1 unspecified atom stereocenters. The van der Waals surface area contributed by atoms with E-state index in [1.165, 1.54) is 0 Å². The standard InChI is InChI=1S/C18H19N3O3/c1-14-6-2-3-7-16(14)24-13-18(22)19-12-15(17-8-4-11-23-17)21-10-5-9-20-21/h2-11,15H,12-13H2,1H3,(H,19,22). The SMILES string of the molecule is Cc1ccccc1OCC(=O)NCC(c1ccco1)n1cccn1. The van der Waals surface area contributed by atoms with Gasteiger partial charge in [0.2, 0.25) is 0 Å². The smallest absolute Gasteiger partial charge is 0.258 e. The molecule has 3 aromatic rings. The molecule has 1 amide bonds. The predicted octanol–water partition coefficient (Wildman–Crippen LogP) is 2.57. The summed E-state index contributed by atoms with van der Waals surface area (Å²) in [7, 11) is 0. The Labute approximate surface area is 140 Å². The maximum Gasteiger partial charge on any atom is 0.258 e. The Kier molecular flexibility index (Phi) is 4.96. The van der Waals surface area contributed by atoms with Crippen LogP contribution in [0.25, 0.3) is 0 Å². The van der Waals surface area contributed by atoms with E-state index < -0.39 is 0 Å². The molecule has 1 atom stereocenters. The van der Waals surface area contributed by atoms with E-state index in [1.807, 2.05) is 55.6 Å². The van der Waals surface area contributed by atoms with Crippen molar-refractivity contribution in [2.75, 3.05) is 13.2 Å². The average molecular weight is 325 g/mol. The van der Waals surface area contributed by atoms with Crippen LogP contribution in [0.5, 0.6) is 5.75 Å². The summed E-state index contributed by atoms with van der Waals surface area (Å²) < 4.78 is 12.8. The number of ether oxygens (including phenoxy) is 1. The van der Waals surface area contributed by atoms with Crippen LogP contribution in [0, 0.1) is 6.92 Å². The minimum Gasteiger partial charge on any atom is -0.484 e. The number of amides is 1. The number of nitrogens with one attached hydrogen (secondary N) is 1. The van der Waals surface area contributed by atoms with E-state index in [0.717, 1.165) is 11.3 Å². The van der Waals surface area contributed by atoms with E-state index in [4.69, 9.17) is 9.15 Å². The van der Waals surface area contributed by atoms with Crippen LogP contribution < -0.4 is 10.1 Å². The van der Waals surface area contributed by atoms with Gasteiger partial charge in [0.05, 0.1) is 6.26 Å². The normalized spacial score (nSPS) is 11.9. The fraction of sp³-hybridized carbons (Fsp3) is 0.222. The summed E-state index contributed by atoms with van der Waals surface area (Å²) in [6.45, 7) is 2.28. The molecule has 1 N–H and O–H groups in total. The number of rotatable bonds is 7. The van der Waals surface area contributed by atoms with Crippen LogP contribution in [0.15, 0.2) is 65.5 Å². The van der Waals surface area contributed by atoms with Crippen molar-refractivity contribution >= 4 is 5.91 Å². The van der Waals surface area contributed by atoms with Gasteiger partial charge in [-0.3, -0.25) is 9.48 Å². The van der Waals surface area contributed by atoms with E-state index >= 15 is 0 Å². The van der Waals surface area contributed by atoms with Crippen molar-refractivity contribution in [3.05, 3.63) is 72.4 Å². The van der Waals surface area contributed by atoms with Crippen LogP contribution in [0.4, 0.5) is 0 Å². The van der Waals surface area contributed by atoms with Gasteiger partial charge in [-0.15, -0.1) is 0 Å². The van der Waals surface area contributed by atoms with Gasteiger partial charge in [0.25, 0.3) is 5.91 Å². The zero-order chi connectivity index (χ0) is 16.8. The maximum atomic E-state index is 12.1. The van der Waals surface area contributed by atoms with Crippen LogP contribution in [0.1, 0.15) is 17.4 Å². The molecule has 0 spiro atoms. The number of benzene rings is 1. The number of nitrogens with zero attached hydrogens (tertiary/aromatic N) is 2. The molecule has 1 aromatic carbocycles. The lowest BCUT2D eigenvalue weighted by Crippen LogP contribution is -2.34. The number of aromatic nitrogens is 2. The molecule has 2 aromatic heterocycles. The molecule has 124 valence electrons. The molecule has 6 heteroatoms. The van der Waals surface area contributed by atoms with Crippen LogP contribution in [0.3, 0.4) is 0 Å². The Morgan fingerprint density at radius 3 is 2.88 bits per heavy atom. The van der Waals surface area contributed by atoms with E-state index in [1.54, 1.807) is 17.1 Å². The van der Waals surface area contributed by atoms with Gasteiger partial charge in [-0.25, -0.2) is 0 Å². The maximum absolute atomic E-state index is 12.1. The third kappa shape index (κ3) is 3.84. The predicted molar refractivity (Wildman–Crippen MR) is 88.8 cm³/mol. The Bertz CT molecular complexity index is 732. The second kappa shape index (κ2) is 7.50. The lowest BCUT2D eigenvalue weighted by molar-refractivity contribution is -0.123. The molecule has 0 saturated heterocycles. The first-order valence-electron chi connectivity index (χ1n) is 7.71. The molecule has 0 bridgehead atoms. The summed E-state index contributed by atoms with van der Waals surface area (Å²) in [6, 6.07) is 12.9. The van der Waals surface area contributed by atoms with Gasteiger partial charge >= 0.3 is 0 Å². The Morgan fingerprint density at radius 2 is 2.17 bits per heavy atom. The fourth-order valence-corrected chi connectivity index (χ4v) is 2.39. The van der Waals surface area contributed by atoms with E-state index in [-0.39, 0.29) is 18.6 Å². The number of aryl methyl sites for hydroxylation is 1. The first kappa shape index (κ1) is 15.9. The number of hydrogen-bond acceptors (Lipinski definition) is 4. The average Bonchev–Trinajstić information content (AvgIpc) is 3.28. The molecule has 0 saturated carbocycles. The van der Waals surface area contributed by atoms with Gasteiger partial charge in [0, 0.05) is 18.9 Å². The molecule has 0 radical (unpaired) electrons. The van der Waals surface area contributed by atoms with E-state index in [0.29, 0.717) is 12.3 Å². The molecule has 2 heterocycles. The van der Waals surface area contributed by atoms with E-state index in [9.17, 15) is 4.79 Å². The second-order valence-electron chi connectivity index (χ2n) is 5.38. The summed E-state index contributed by atoms with van der Waals surface area (Å²) in [5, 5.41) is 7.09. The second-order valence-corrected chi connectivity index (χ2v) is 5.38. The molecule has 3 rings (SSSR count). The van der Waals surface area contributed by atoms with Gasteiger partial charge in [0.1, 0.15) is 17.6 Å². The zero-order valence-corrected chi connectivity index (χ0v) is 13.4. The van der Waals surface area contributed by atoms with Gasteiger partial charge in [0.15, 0.2) is 6.61 Å². The Hall–Kier alpha value is -3.02. The summed E-state index contributed by atoms with van der Waals surface area (Å²) in [5.41, 5.74) is 0.996. The van der Waals surface area contributed by atoms with Crippen molar-refractivity contribution in [3.8, 4) is 5.75 Å². The largest absolute Gasteiger partial charge is 0.484 e. The van der Waals surface area contributed by atoms with Crippen molar-refractivity contribution < 1.29 is 13.9 Å². The molecule has 0 fully saturated rings. The first-order chi connectivity index (χ1) is 11.7. The molecule has 6 nitrogen and oxygen atoms in total. The Morgan fingerprint density at radius 1 is 1.29 bits per heavy atom. The van der Waals surface area contributed by atoms with Crippen LogP contribution in [0.2, 0.25) is 0 Å². The number of carbonyl (C=O) groups is 1. The van der Waals surface area contributed by atoms with Crippen molar-refractivity contribution in [2.24, 2.45) is 0 Å². The van der Waals surface area contributed by atoms with Crippen molar-refractivity contribution in [3.63, 3.8) is 0 Å². The molecular weight excluding hydrogens is 306 g/mol. The third-order valence-electron chi connectivity index (χ3n) is 3.66. The van der Waals surface area contributed by atoms with Crippen LogP contribution in [-0.2, 0) is 4.79 Å². The molecular formula is C18H19N3O3. The van der Waals surface area contributed by atoms with Crippen molar-refractivity contribution in [1.82, 2.24) is 15.1 Å². The van der Waals surface area contributed by atoms with E-state index in [2.05, 4.69) is 10.4 Å². The lowest BCUT2D eigenvalue weighted by Gasteiger charge is -2.16. The first-order valence-corrected chi connectivity index (χ1v) is 7.71. The van der Waals surface area contributed by atoms with Gasteiger partial charge < -0.3 is 14.5 Å². The molecule has 0 aliphatic heterocycles. The third-order valence-corrected chi connectivity index (χ3v) is 3.66. The highest BCUT2D eigenvalue weighted by Gasteiger charge is 2.18. The summed E-state index contributed by atoms with van der Waals surface area (Å²) in [4.78, 5) is 12.1. The summed E-state index contributed by atoms with van der Waals surface area (Å²) in [5.74, 6) is 1.25. The van der Waals surface area contributed by atoms with Crippen molar-refractivity contribution in [2.45, 2.75) is 13.0 Å². The Balaban J connectivity index is 1.57. The quantitative estimate of drug-likeness (QED) is 0.725. The van der Waals surface area contributed by atoms with Crippen LogP contribution in [-0.4, -0.2) is 28.8 Å². The molecule has 0 aliphatic rings. The van der Waals surface area contributed by atoms with Gasteiger partial charge in [-0.1, -0.05) is 18.2 Å². The topological polar surface area (TPSA) is 69.3 Å². The highest BCUT2D eigenvalue weighted by molar-refractivity contribution is 5.77. The monoisotopic (exact) mass is 325 g/mol. The lowest BCUT2D eigenvalue weighted by atomic mass is 10.2. The number of hydrogen-bond donors (Lipinski definition) is 1. The molecule has 24 heavy (non-hydrogen) atoms. The van der Waals surface area contributed by atoms with Gasteiger partial charge in [-0.2, -0.15) is 5.10 Å². The molecule has 0 aliphatic carbocycles. The number of carbonyl (C=O) groups excluding carboxylic acids is 1.